The number of carboxylic acid groups (broad SMARTS) is 1. The van der Waals surface area contributed by atoms with Crippen LogP contribution in [0.3, 0.4) is 0 Å². The van der Waals surface area contributed by atoms with E-state index in [2.05, 4.69) is 0 Å². The van der Waals surface area contributed by atoms with Crippen LogP contribution in [-0.4, -0.2) is 34.0 Å². The van der Waals surface area contributed by atoms with Crippen LogP contribution in [0, 0.1) is 5.41 Å². The van der Waals surface area contributed by atoms with Gasteiger partial charge in [-0.15, -0.1) is 0 Å². The Morgan fingerprint density at radius 3 is 2.06 bits per heavy atom. The molecule has 0 aromatic heterocycles. The average molecular weight is 230 g/mol. The number of hydrogen-bond acceptors (Lipinski definition) is 3. The summed E-state index contributed by atoms with van der Waals surface area (Å²) >= 11 is 0. The van der Waals surface area contributed by atoms with Crippen LogP contribution >= 0.6 is 0 Å². The van der Waals surface area contributed by atoms with Gasteiger partial charge in [0.15, 0.2) is 0 Å². The van der Waals surface area contributed by atoms with Crippen LogP contribution in [0.5, 0.6) is 0 Å². The van der Waals surface area contributed by atoms with Crippen LogP contribution in [0.25, 0.3) is 0 Å². The van der Waals surface area contributed by atoms with Gasteiger partial charge in [0.2, 0.25) is 0 Å². The summed E-state index contributed by atoms with van der Waals surface area (Å²) < 4.78 is 0. The van der Waals surface area contributed by atoms with Crippen LogP contribution < -0.4 is 0 Å². The third-order valence-corrected chi connectivity index (χ3v) is 3.60. The van der Waals surface area contributed by atoms with E-state index in [-0.39, 0.29) is 13.0 Å². The summed E-state index contributed by atoms with van der Waals surface area (Å²) in [7, 11) is 0. The highest BCUT2D eigenvalue weighted by atomic mass is 16.4. The lowest BCUT2D eigenvalue weighted by Gasteiger charge is -2.32. The van der Waals surface area contributed by atoms with Crippen molar-refractivity contribution >= 4 is 5.97 Å². The van der Waals surface area contributed by atoms with Crippen molar-refractivity contribution in [1.82, 2.24) is 0 Å². The van der Waals surface area contributed by atoms with Gasteiger partial charge >= 0.3 is 5.97 Å². The summed E-state index contributed by atoms with van der Waals surface area (Å²) in [6.07, 6.45) is 5.66. The van der Waals surface area contributed by atoms with Gasteiger partial charge in [0, 0.05) is 0 Å². The molecule has 0 aromatic carbocycles. The predicted octanol–water partition coefficient (Wildman–Crippen LogP) is 1.54. The number of carboxylic acids is 1. The van der Waals surface area contributed by atoms with E-state index in [4.69, 9.17) is 5.11 Å². The molecule has 16 heavy (non-hydrogen) atoms. The molecule has 0 heterocycles. The van der Waals surface area contributed by atoms with E-state index in [1.807, 2.05) is 0 Å². The third-order valence-electron chi connectivity index (χ3n) is 3.60. The van der Waals surface area contributed by atoms with E-state index in [1.54, 1.807) is 0 Å². The van der Waals surface area contributed by atoms with Gasteiger partial charge in [-0.05, 0) is 19.3 Å². The van der Waals surface area contributed by atoms with E-state index in [0.29, 0.717) is 12.8 Å². The lowest BCUT2D eigenvalue weighted by atomic mass is 9.72. The molecule has 1 rings (SSSR count). The molecule has 1 aliphatic carbocycles. The first-order chi connectivity index (χ1) is 7.60. The molecule has 4 nitrogen and oxygen atoms in total. The van der Waals surface area contributed by atoms with Crippen molar-refractivity contribution in [2.24, 2.45) is 5.41 Å². The molecule has 0 bridgehead atoms. The Kier molecular flexibility index (Phi) is 5.22. The van der Waals surface area contributed by atoms with Crippen LogP contribution in [0.1, 0.15) is 51.4 Å². The van der Waals surface area contributed by atoms with E-state index >= 15 is 0 Å². The summed E-state index contributed by atoms with van der Waals surface area (Å²) in [5.74, 6) is -0.818. The van der Waals surface area contributed by atoms with Crippen LogP contribution in [-0.2, 0) is 4.79 Å². The minimum Gasteiger partial charge on any atom is -0.481 e. The van der Waals surface area contributed by atoms with Gasteiger partial charge in [-0.3, -0.25) is 4.79 Å². The number of carbonyl (C=O) groups is 1. The molecule has 1 atom stereocenters. The fourth-order valence-corrected chi connectivity index (χ4v) is 2.60. The van der Waals surface area contributed by atoms with Crippen molar-refractivity contribution in [3.8, 4) is 0 Å². The van der Waals surface area contributed by atoms with Crippen molar-refractivity contribution in [1.29, 1.82) is 0 Å². The monoisotopic (exact) mass is 230 g/mol. The first-order valence-electron chi connectivity index (χ1n) is 6.13. The Hall–Kier alpha value is -0.610. The number of hydrogen-bond donors (Lipinski definition) is 3. The molecular weight excluding hydrogens is 208 g/mol. The normalized spacial score (nSPS) is 23.1. The molecular formula is C12H22O4. The van der Waals surface area contributed by atoms with Gasteiger partial charge in [0.05, 0.1) is 18.1 Å². The molecule has 0 aliphatic heterocycles. The minimum absolute atomic E-state index is 0.179. The lowest BCUT2D eigenvalue weighted by molar-refractivity contribution is -0.153. The molecule has 4 heteroatoms. The zero-order valence-corrected chi connectivity index (χ0v) is 9.69. The molecule has 0 saturated heterocycles. The summed E-state index contributed by atoms with van der Waals surface area (Å²) in [5, 5.41) is 27.7. The highest BCUT2D eigenvalue weighted by Crippen LogP contribution is 2.38. The molecule has 0 radical (unpaired) electrons. The molecule has 94 valence electrons. The number of rotatable bonds is 4. The van der Waals surface area contributed by atoms with Gasteiger partial charge < -0.3 is 15.3 Å². The maximum atomic E-state index is 11.4. The highest BCUT2D eigenvalue weighted by Gasteiger charge is 2.39. The van der Waals surface area contributed by atoms with Gasteiger partial charge in [-0.2, -0.15) is 0 Å². The third kappa shape index (κ3) is 3.46. The van der Waals surface area contributed by atoms with E-state index in [9.17, 15) is 15.0 Å². The first kappa shape index (κ1) is 13.5. The molecule has 1 aliphatic rings. The second-order valence-corrected chi connectivity index (χ2v) is 4.89. The van der Waals surface area contributed by atoms with Crippen LogP contribution in [0.15, 0.2) is 0 Å². The zero-order valence-electron chi connectivity index (χ0n) is 9.69. The van der Waals surface area contributed by atoms with Gasteiger partial charge in [-0.25, -0.2) is 0 Å². The standard InChI is InChI=1S/C12H22O4/c13-9-10(14)8-12(11(15)16)6-4-2-1-3-5-7-12/h10,13-14H,1-9H2,(H,15,16). The summed E-state index contributed by atoms with van der Waals surface area (Å²) in [6, 6.07) is 0. The zero-order chi connectivity index (χ0) is 12.0. The number of aliphatic carboxylic acids is 1. The van der Waals surface area contributed by atoms with Crippen LogP contribution in [0.4, 0.5) is 0 Å². The van der Waals surface area contributed by atoms with E-state index in [1.165, 1.54) is 6.42 Å². The van der Waals surface area contributed by atoms with E-state index in [0.717, 1.165) is 25.7 Å². The van der Waals surface area contributed by atoms with Crippen molar-refractivity contribution in [3.05, 3.63) is 0 Å². The second kappa shape index (κ2) is 6.21. The molecule has 1 unspecified atom stereocenters. The van der Waals surface area contributed by atoms with Gasteiger partial charge in [0.1, 0.15) is 0 Å². The maximum Gasteiger partial charge on any atom is 0.309 e. The molecule has 0 amide bonds. The average Bonchev–Trinajstić information content (AvgIpc) is 2.21. The Bertz CT molecular complexity index is 219. The van der Waals surface area contributed by atoms with Gasteiger partial charge in [0.25, 0.3) is 0 Å². The lowest BCUT2D eigenvalue weighted by Crippen LogP contribution is -2.36. The largest absolute Gasteiger partial charge is 0.481 e. The van der Waals surface area contributed by atoms with Crippen molar-refractivity contribution in [2.75, 3.05) is 6.61 Å². The maximum absolute atomic E-state index is 11.4. The molecule has 1 fully saturated rings. The topological polar surface area (TPSA) is 77.8 Å². The van der Waals surface area contributed by atoms with Crippen molar-refractivity contribution in [2.45, 2.75) is 57.5 Å². The Morgan fingerprint density at radius 1 is 1.12 bits per heavy atom. The van der Waals surface area contributed by atoms with Crippen LogP contribution in [0.2, 0.25) is 0 Å². The summed E-state index contributed by atoms with van der Waals surface area (Å²) in [4.78, 5) is 11.4. The minimum atomic E-state index is -0.907. The smallest absolute Gasteiger partial charge is 0.309 e. The molecule has 0 aromatic rings. The van der Waals surface area contributed by atoms with E-state index < -0.39 is 17.5 Å². The fourth-order valence-electron chi connectivity index (χ4n) is 2.60. The van der Waals surface area contributed by atoms with Gasteiger partial charge in [-0.1, -0.05) is 32.1 Å². The number of aliphatic hydroxyl groups is 2. The molecule has 0 spiro atoms. The highest BCUT2D eigenvalue weighted by molar-refractivity contribution is 5.74. The predicted molar refractivity (Wildman–Crippen MR) is 60.1 cm³/mol. The molecule has 3 N–H and O–H groups in total. The molecule has 1 saturated carbocycles. The quantitative estimate of drug-likeness (QED) is 0.684. The van der Waals surface area contributed by atoms with Crippen molar-refractivity contribution < 1.29 is 20.1 Å². The summed E-state index contributed by atoms with van der Waals surface area (Å²) in [5.41, 5.74) is -0.817. The SMILES string of the molecule is O=C(O)C1(CC(O)CO)CCCCCCC1. The first-order valence-corrected chi connectivity index (χ1v) is 6.13. The Morgan fingerprint density at radius 2 is 1.62 bits per heavy atom. The fraction of sp³-hybridized carbons (Fsp3) is 0.917. The Balaban J connectivity index is 2.71. The van der Waals surface area contributed by atoms with Crippen molar-refractivity contribution in [3.63, 3.8) is 0 Å². The summed E-state index contributed by atoms with van der Waals surface area (Å²) in [6.45, 7) is -0.352. The Labute approximate surface area is 96.3 Å². The second-order valence-electron chi connectivity index (χ2n) is 4.89. The number of aliphatic hydroxyl groups excluding tert-OH is 2.